The number of hydrogen-bond acceptors (Lipinski definition) is 2. The molecule has 2 aromatic carbocycles. The van der Waals surface area contributed by atoms with Crippen LogP contribution in [0.3, 0.4) is 0 Å². The Balaban J connectivity index is 1.92. The molecule has 22 heavy (non-hydrogen) atoms. The maximum atomic E-state index is 3.89. The summed E-state index contributed by atoms with van der Waals surface area (Å²) >= 11 is 1.87. The molecule has 2 aromatic rings. The Morgan fingerprint density at radius 2 is 1.82 bits per heavy atom. The number of fused-ring (bicyclic) bond motifs is 2. The van der Waals surface area contributed by atoms with E-state index < -0.39 is 0 Å². The van der Waals surface area contributed by atoms with Crippen molar-refractivity contribution < 1.29 is 0 Å². The van der Waals surface area contributed by atoms with Crippen molar-refractivity contribution in [3.05, 3.63) is 54.6 Å². The largest absolute Gasteiger partial charge is 0.340 e. The lowest BCUT2D eigenvalue weighted by Crippen LogP contribution is -2.21. The summed E-state index contributed by atoms with van der Waals surface area (Å²) < 4.78 is 0. The van der Waals surface area contributed by atoms with E-state index in [1.165, 1.54) is 52.4 Å². The molecule has 2 heteroatoms. The second-order valence-electron chi connectivity index (χ2n) is 5.71. The van der Waals surface area contributed by atoms with Crippen molar-refractivity contribution in [1.82, 2.24) is 0 Å². The van der Waals surface area contributed by atoms with Crippen LogP contribution in [-0.2, 0) is 0 Å². The van der Waals surface area contributed by atoms with Crippen molar-refractivity contribution in [2.24, 2.45) is 0 Å². The Kier molecular flexibility index (Phi) is 4.89. The number of hydrogen-bond donors (Lipinski definition) is 0. The van der Waals surface area contributed by atoms with Crippen molar-refractivity contribution in [3.8, 4) is 0 Å². The van der Waals surface area contributed by atoms with Gasteiger partial charge in [0.05, 0.1) is 11.4 Å². The Labute approximate surface area is 138 Å². The summed E-state index contributed by atoms with van der Waals surface area (Å²) in [6, 6.07) is 15.4. The van der Waals surface area contributed by atoms with E-state index in [9.17, 15) is 0 Å². The quantitative estimate of drug-likeness (QED) is 0.559. The van der Waals surface area contributed by atoms with Gasteiger partial charge in [-0.1, -0.05) is 68.8 Å². The van der Waals surface area contributed by atoms with Crippen LogP contribution < -0.4 is 4.90 Å². The maximum absolute atomic E-state index is 3.89. The van der Waals surface area contributed by atoms with Crippen molar-refractivity contribution in [1.29, 1.82) is 0 Å². The zero-order valence-electron chi connectivity index (χ0n) is 13.2. The number of benzene rings is 2. The van der Waals surface area contributed by atoms with Crippen LogP contribution in [0.25, 0.3) is 6.08 Å². The van der Waals surface area contributed by atoms with E-state index in [1.807, 2.05) is 17.8 Å². The fraction of sp³-hybridized carbons (Fsp3) is 0.300. The molecular weight excluding hydrogens is 286 g/mol. The Bertz CT molecular complexity index is 663. The van der Waals surface area contributed by atoms with E-state index in [4.69, 9.17) is 0 Å². The first-order chi connectivity index (χ1) is 10.8. The van der Waals surface area contributed by atoms with Crippen molar-refractivity contribution in [3.63, 3.8) is 0 Å². The average molecular weight is 309 g/mol. The molecule has 0 N–H and O–H groups in total. The predicted molar refractivity (Wildman–Crippen MR) is 98.2 cm³/mol. The molecule has 1 nitrogen and oxygen atoms in total. The first-order valence-electron chi connectivity index (χ1n) is 8.14. The molecule has 0 radical (unpaired) electrons. The smallest absolute Gasteiger partial charge is 0.0553 e. The van der Waals surface area contributed by atoms with Gasteiger partial charge in [-0.2, -0.15) is 0 Å². The van der Waals surface area contributed by atoms with Gasteiger partial charge in [0.25, 0.3) is 0 Å². The third-order valence-corrected chi connectivity index (χ3v) is 5.23. The molecule has 0 atom stereocenters. The number of nitrogens with zero attached hydrogens (tertiary/aromatic N) is 1. The third kappa shape index (κ3) is 3.07. The van der Waals surface area contributed by atoms with Gasteiger partial charge in [0.2, 0.25) is 0 Å². The summed E-state index contributed by atoms with van der Waals surface area (Å²) in [5.74, 6) is 0. The van der Waals surface area contributed by atoms with Crippen LogP contribution in [0.5, 0.6) is 0 Å². The molecule has 1 heterocycles. The third-order valence-electron chi connectivity index (χ3n) is 4.12. The zero-order valence-corrected chi connectivity index (χ0v) is 14.0. The highest BCUT2D eigenvalue weighted by molar-refractivity contribution is 7.99. The summed E-state index contributed by atoms with van der Waals surface area (Å²) in [6.45, 7) is 7.25. The summed E-state index contributed by atoms with van der Waals surface area (Å²) in [7, 11) is 0. The van der Waals surface area contributed by atoms with Gasteiger partial charge in [0.1, 0.15) is 0 Å². The van der Waals surface area contributed by atoms with Crippen LogP contribution in [-0.4, -0.2) is 6.54 Å². The van der Waals surface area contributed by atoms with Gasteiger partial charge in [0.15, 0.2) is 0 Å². The molecule has 1 aliphatic heterocycles. The van der Waals surface area contributed by atoms with Gasteiger partial charge >= 0.3 is 0 Å². The zero-order chi connectivity index (χ0) is 15.4. The average Bonchev–Trinajstić information content (AvgIpc) is 2.57. The van der Waals surface area contributed by atoms with Crippen LogP contribution in [0.4, 0.5) is 11.4 Å². The van der Waals surface area contributed by atoms with Gasteiger partial charge in [-0.3, -0.25) is 0 Å². The van der Waals surface area contributed by atoms with Crippen molar-refractivity contribution in [2.45, 2.75) is 42.4 Å². The van der Waals surface area contributed by atoms with E-state index in [-0.39, 0.29) is 0 Å². The highest BCUT2D eigenvalue weighted by Crippen LogP contribution is 2.48. The monoisotopic (exact) mass is 309 g/mol. The minimum atomic E-state index is 1.10. The molecule has 1 aliphatic rings. The number of unbranched alkanes of at least 4 members (excludes halogenated alkanes) is 3. The van der Waals surface area contributed by atoms with E-state index >= 15 is 0 Å². The van der Waals surface area contributed by atoms with Crippen LogP contribution in [0.2, 0.25) is 0 Å². The Hall–Kier alpha value is -1.67. The second-order valence-corrected chi connectivity index (χ2v) is 6.80. The van der Waals surface area contributed by atoms with E-state index in [0.29, 0.717) is 0 Å². The summed E-state index contributed by atoms with van der Waals surface area (Å²) in [5, 5.41) is 0. The molecule has 0 aromatic heterocycles. The Morgan fingerprint density at radius 3 is 2.64 bits per heavy atom. The standard InChI is InChI=1S/C20H23NS/c1-3-5-6-9-14-21-17-10-7-8-11-19(17)22-20-15-16(4-2)12-13-18(20)21/h4,7-8,10-13,15H,2-3,5-6,9,14H2,1H3. The highest BCUT2D eigenvalue weighted by atomic mass is 32.2. The molecule has 0 saturated heterocycles. The summed E-state index contributed by atoms with van der Waals surface area (Å²) in [6.07, 6.45) is 7.09. The lowest BCUT2D eigenvalue weighted by Gasteiger charge is -2.33. The molecular formula is C20H23NS. The molecule has 0 amide bonds. The number of rotatable bonds is 6. The lowest BCUT2D eigenvalue weighted by atomic mass is 10.1. The van der Waals surface area contributed by atoms with Gasteiger partial charge in [-0.15, -0.1) is 0 Å². The molecule has 0 aliphatic carbocycles. The van der Waals surface area contributed by atoms with Crippen molar-refractivity contribution in [2.75, 3.05) is 11.4 Å². The SMILES string of the molecule is C=Cc1ccc2c(c1)Sc1ccccc1N2CCCCCC. The first kappa shape index (κ1) is 15.2. The highest BCUT2D eigenvalue weighted by Gasteiger charge is 2.22. The van der Waals surface area contributed by atoms with Crippen molar-refractivity contribution >= 4 is 29.2 Å². The minimum Gasteiger partial charge on any atom is -0.340 e. The number of anilines is 2. The molecule has 0 spiro atoms. The van der Waals surface area contributed by atoms with Gasteiger partial charge in [-0.25, -0.2) is 0 Å². The molecule has 0 unspecified atom stereocenters. The summed E-state index contributed by atoms with van der Waals surface area (Å²) in [5.41, 5.74) is 3.88. The predicted octanol–water partition coefficient (Wildman–Crippen LogP) is 6.51. The van der Waals surface area contributed by atoms with Crippen LogP contribution in [0, 0.1) is 0 Å². The van der Waals surface area contributed by atoms with Crippen LogP contribution in [0.15, 0.2) is 58.8 Å². The van der Waals surface area contributed by atoms with Crippen LogP contribution >= 0.6 is 11.8 Å². The normalized spacial score (nSPS) is 12.7. The second kappa shape index (κ2) is 7.06. The minimum absolute atomic E-state index is 1.10. The van der Waals surface area contributed by atoms with Gasteiger partial charge in [-0.05, 0) is 36.2 Å². The molecule has 0 bridgehead atoms. The van der Waals surface area contributed by atoms with Gasteiger partial charge in [0, 0.05) is 16.3 Å². The maximum Gasteiger partial charge on any atom is 0.0553 e. The van der Waals surface area contributed by atoms with E-state index in [2.05, 4.69) is 60.9 Å². The molecule has 3 rings (SSSR count). The molecule has 0 fully saturated rings. The van der Waals surface area contributed by atoms with E-state index in [0.717, 1.165) is 6.54 Å². The fourth-order valence-electron chi connectivity index (χ4n) is 2.91. The number of para-hydroxylation sites is 1. The molecule has 114 valence electrons. The van der Waals surface area contributed by atoms with Gasteiger partial charge < -0.3 is 4.90 Å². The topological polar surface area (TPSA) is 3.24 Å². The van der Waals surface area contributed by atoms with E-state index in [1.54, 1.807) is 0 Å². The lowest BCUT2D eigenvalue weighted by molar-refractivity contribution is 0.665. The van der Waals surface area contributed by atoms with Crippen LogP contribution in [0.1, 0.15) is 38.2 Å². The fourth-order valence-corrected chi connectivity index (χ4v) is 4.06. The molecule has 0 saturated carbocycles. The first-order valence-corrected chi connectivity index (χ1v) is 8.96. The summed E-state index contributed by atoms with van der Waals surface area (Å²) in [4.78, 5) is 5.18. The Morgan fingerprint density at radius 1 is 1.00 bits per heavy atom.